The van der Waals surface area contributed by atoms with Crippen LogP contribution < -0.4 is 24.8 Å². The van der Waals surface area contributed by atoms with Crippen LogP contribution in [-0.4, -0.2) is 32.4 Å². The molecule has 3 rings (SSSR count). The van der Waals surface area contributed by atoms with E-state index in [4.69, 9.17) is 14.2 Å². The molecule has 0 unspecified atom stereocenters. The van der Waals surface area contributed by atoms with Gasteiger partial charge in [0.25, 0.3) is 0 Å². The van der Waals surface area contributed by atoms with Crippen molar-refractivity contribution in [2.24, 2.45) is 0 Å². The van der Waals surface area contributed by atoms with Gasteiger partial charge in [0, 0.05) is 18.7 Å². The third kappa shape index (κ3) is 4.35. The molecule has 0 saturated carbocycles. The predicted octanol–water partition coefficient (Wildman–Crippen LogP) is 3.36. The maximum Gasteiger partial charge on any atom is 0.319 e. The molecule has 0 bridgehead atoms. The van der Waals surface area contributed by atoms with Crippen LogP contribution in [-0.2, 0) is 0 Å². The Hall–Kier alpha value is -2.89. The molecule has 0 aliphatic carbocycles. The first kappa shape index (κ1) is 17.0. The minimum Gasteiger partial charge on any atom is -0.497 e. The number of para-hydroxylation sites is 2. The van der Waals surface area contributed by atoms with Gasteiger partial charge < -0.3 is 24.8 Å². The van der Waals surface area contributed by atoms with Crippen LogP contribution in [0.4, 0.5) is 10.5 Å². The summed E-state index contributed by atoms with van der Waals surface area (Å²) in [5, 5.41) is 5.68. The van der Waals surface area contributed by atoms with E-state index < -0.39 is 0 Å². The number of methoxy groups -OCH3 is 1. The Labute approximate surface area is 147 Å². The number of carbonyl (C=O) groups excluding carboxylic acids is 1. The fraction of sp³-hybridized carbons (Fsp3) is 0.316. The smallest absolute Gasteiger partial charge is 0.319 e. The number of amides is 2. The quantitative estimate of drug-likeness (QED) is 0.874. The second kappa shape index (κ2) is 7.79. The Morgan fingerprint density at radius 3 is 2.80 bits per heavy atom. The van der Waals surface area contributed by atoms with Crippen LogP contribution in [0, 0.1) is 6.92 Å². The lowest BCUT2D eigenvalue weighted by molar-refractivity contribution is 0.0854. The van der Waals surface area contributed by atoms with Crippen molar-refractivity contribution in [2.75, 3.05) is 25.6 Å². The number of urea groups is 1. The predicted molar refractivity (Wildman–Crippen MR) is 95.7 cm³/mol. The molecule has 2 aromatic carbocycles. The molecular weight excluding hydrogens is 320 g/mol. The Morgan fingerprint density at radius 2 is 2.04 bits per heavy atom. The topological polar surface area (TPSA) is 68.8 Å². The Morgan fingerprint density at radius 1 is 1.24 bits per heavy atom. The van der Waals surface area contributed by atoms with Crippen LogP contribution in [0.2, 0.25) is 0 Å². The molecule has 0 fully saturated rings. The Kier molecular flexibility index (Phi) is 5.28. The van der Waals surface area contributed by atoms with E-state index in [0.717, 1.165) is 28.5 Å². The van der Waals surface area contributed by atoms with Crippen molar-refractivity contribution in [1.82, 2.24) is 5.32 Å². The molecule has 1 aliphatic rings. The van der Waals surface area contributed by atoms with Gasteiger partial charge in [0.15, 0.2) is 11.5 Å². The summed E-state index contributed by atoms with van der Waals surface area (Å²) >= 11 is 0. The number of hydrogen-bond donors (Lipinski definition) is 2. The highest BCUT2D eigenvalue weighted by atomic mass is 16.6. The fourth-order valence-electron chi connectivity index (χ4n) is 2.62. The molecule has 2 N–H and O–H groups in total. The summed E-state index contributed by atoms with van der Waals surface area (Å²) in [6, 6.07) is 12.9. The molecule has 1 heterocycles. The van der Waals surface area contributed by atoms with E-state index >= 15 is 0 Å². The molecule has 1 aliphatic heterocycles. The normalized spacial score (nSPS) is 15.4. The van der Waals surface area contributed by atoms with Gasteiger partial charge in [0.2, 0.25) is 0 Å². The van der Waals surface area contributed by atoms with Crippen molar-refractivity contribution in [3.05, 3.63) is 48.0 Å². The number of nitrogens with one attached hydrogen (secondary N) is 2. The van der Waals surface area contributed by atoms with E-state index in [1.807, 2.05) is 49.4 Å². The van der Waals surface area contributed by atoms with Gasteiger partial charge in [0.1, 0.15) is 18.5 Å². The Bertz CT molecular complexity index is 748. The van der Waals surface area contributed by atoms with Gasteiger partial charge in [-0.2, -0.15) is 0 Å². The molecule has 0 aromatic heterocycles. The molecule has 2 amide bonds. The van der Waals surface area contributed by atoms with E-state index in [1.54, 1.807) is 7.11 Å². The maximum atomic E-state index is 12.0. The lowest BCUT2D eigenvalue weighted by Crippen LogP contribution is -2.36. The highest BCUT2D eigenvalue weighted by molar-refractivity contribution is 5.90. The van der Waals surface area contributed by atoms with Crippen LogP contribution in [0.25, 0.3) is 0 Å². The molecule has 6 nitrogen and oxygen atoms in total. The zero-order chi connectivity index (χ0) is 17.6. The summed E-state index contributed by atoms with van der Waals surface area (Å²) in [5.41, 5.74) is 1.69. The van der Waals surface area contributed by atoms with Crippen LogP contribution >= 0.6 is 0 Å². The lowest BCUT2D eigenvalue weighted by Gasteiger charge is -2.26. The maximum absolute atomic E-state index is 12.0. The largest absolute Gasteiger partial charge is 0.497 e. The van der Waals surface area contributed by atoms with Crippen molar-refractivity contribution in [3.8, 4) is 17.2 Å². The summed E-state index contributed by atoms with van der Waals surface area (Å²) in [6.45, 7) is 2.90. The summed E-state index contributed by atoms with van der Waals surface area (Å²) in [5.74, 6) is 2.27. The number of rotatable bonds is 5. The van der Waals surface area contributed by atoms with Crippen LogP contribution in [0.5, 0.6) is 17.2 Å². The van der Waals surface area contributed by atoms with Crippen molar-refractivity contribution in [3.63, 3.8) is 0 Å². The lowest BCUT2D eigenvalue weighted by atomic mass is 10.2. The third-order valence-electron chi connectivity index (χ3n) is 4.00. The monoisotopic (exact) mass is 342 g/mol. The average Bonchev–Trinajstić information content (AvgIpc) is 2.63. The van der Waals surface area contributed by atoms with Gasteiger partial charge >= 0.3 is 6.03 Å². The molecule has 6 heteroatoms. The molecule has 1 atom stereocenters. The van der Waals surface area contributed by atoms with Crippen molar-refractivity contribution >= 4 is 11.7 Å². The summed E-state index contributed by atoms with van der Waals surface area (Å²) in [4.78, 5) is 12.0. The van der Waals surface area contributed by atoms with Gasteiger partial charge in [-0.3, -0.25) is 0 Å². The van der Waals surface area contributed by atoms with E-state index in [2.05, 4.69) is 10.6 Å². The van der Waals surface area contributed by atoms with E-state index in [1.165, 1.54) is 0 Å². The minimum atomic E-state index is -0.245. The number of hydrogen-bond acceptors (Lipinski definition) is 4. The molecular formula is C19H22N2O4. The van der Waals surface area contributed by atoms with Gasteiger partial charge in [-0.15, -0.1) is 0 Å². The SMILES string of the molecule is COc1ccc(NC(=O)NCC[C@H]2COc3ccccc3O2)c(C)c1. The van der Waals surface area contributed by atoms with Crippen LogP contribution in [0.15, 0.2) is 42.5 Å². The molecule has 0 saturated heterocycles. The standard InChI is InChI=1S/C19H22N2O4/c1-13-11-14(23-2)7-8-16(13)21-19(22)20-10-9-15-12-24-17-5-3-4-6-18(17)25-15/h3-8,11,15H,9-10,12H2,1-2H3,(H2,20,21,22)/t15-/m0/s1. The molecule has 0 spiro atoms. The zero-order valence-electron chi connectivity index (χ0n) is 14.4. The second-order valence-electron chi connectivity index (χ2n) is 5.85. The molecule has 0 radical (unpaired) electrons. The van der Waals surface area contributed by atoms with Crippen LogP contribution in [0.3, 0.4) is 0 Å². The summed E-state index contributed by atoms with van der Waals surface area (Å²) in [6.07, 6.45) is 0.599. The van der Waals surface area contributed by atoms with Gasteiger partial charge in [0.05, 0.1) is 7.11 Å². The molecule has 25 heavy (non-hydrogen) atoms. The molecule has 2 aromatic rings. The third-order valence-corrected chi connectivity index (χ3v) is 4.00. The average molecular weight is 342 g/mol. The van der Waals surface area contributed by atoms with Crippen LogP contribution in [0.1, 0.15) is 12.0 Å². The summed E-state index contributed by atoms with van der Waals surface area (Å²) in [7, 11) is 1.62. The van der Waals surface area contributed by atoms with Crippen molar-refractivity contribution in [1.29, 1.82) is 0 Å². The van der Waals surface area contributed by atoms with E-state index in [-0.39, 0.29) is 12.1 Å². The first-order valence-electron chi connectivity index (χ1n) is 8.23. The first-order chi connectivity index (χ1) is 12.2. The highest BCUT2D eigenvalue weighted by Crippen LogP contribution is 2.31. The van der Waals surface area contributed by atoms with Crippen molar-refractivity contribution < 1.29 is 19.0 Å². The van der Waals surface area contributed by atoms with Gasteiger partial charge in [-0.05, 0) is 42.8 Å². The van der Waals surface area contributed by atoms with E-state index in [0.29, 0.717) is 19.6 Å². The summed E-state index contributed by atoms with van der Waals surface area (Å²) < 4.78 is 16.7. The Balaban J connectivity index is 1.44. The number of carbonyl (C=O) groups is 1. The van der Waals surface area contributed by atoms with Gasteiger partial charge in [-0.25, -0.2) is 4.79 Å². The highest BCUT2D eigenvalue weighted by Gasteiger charge is 2.20. The van der Waals surface area contributed by atoms with E-state index in [9.17, 15) is 4.79 Å². The number of anilines is 1. The number of aryl methyl sites for hydroxylation is 1. The second-order valence-corrected chi connectivity index (χ2v) is 5.85. The minimum absolute atomic E-state index is 0.0714. The first-order valence-corrected chi connectivity index (χ1v) is 8.23. The zero-order valence-corrected chi connectivity index (χ0v) is 14.4. The molecule has 132 valence electrons. The number of benzene rings is 2. The fourth-order valence-corrected chi connectivity index (χ4v) is 2.62. The van der Waals surface area contributed by atoms with Crippen molar-refractivity contribution in [2.45, 2.75) is 19.4 Å². The number of ether oxygens (including phenoxy) is 3. The number of fused-ring (bicyclic) bond motifs is 1. The van der Waals surface area contributed by atoms with Gasteiger partial charge in [-0.1, -0.05) is 12.1 Å².